The van der Waals surface area contributed by atoms with Crippen LogP contribution in [0.4, 0.5) is 0 Å². The summed E-state index contributed by atoms with van der Waals surface area (Å²) in [5.74, 6) is 0. The number of hydrogen-bond acceptors (Lipinski definition) is 0. The monoisotopic (exact) mass is 469 g/mol. The highest BCUT2D eigenvalue weighted by molar-refractivity contribution is 7.27. The molecule has 3 aromatic heterocycles. The van der Waals surface area contributed by atoms with Crippen molar-refractivity contribution in [1.29, 1.82) is 0 Å². The Labute approximate surface area is 205 Å². The normalized spacial score (nSPS) is 12.1. The predicted octanol–water partition coefficient (Wildman–Crippen LogP) is 7.01. The molecule has 0 amide bonds. The Bertz CT molecular complexity index is 1560. The summed E-state index contributed by atoms with van der Waals surface area (Å²) in [5, 5.41) is 4.74. The number of fused-ring (bicyclic) bond motifs is 3. The predicted molar refractivity (Wildman–Crippen MR) is 150 cm³/mol. The van der Waals surface area contributed by atoms with E-state index >= 15 is 0 Å². The Morgan fingerprint density at radius 3 is 1.23 bits per heavy atom. The van der Waals surface area contributed by atoms with Gasteiger partial charge in [0, 0.05) is 33.6 Å². The second kappa shape index (κ2) is 7.73. The van der Waals surface area contributed by atoms with Crippen LogP contribution in [-0.4, -0.2) is 15.0 Å². The lowest BCUT2D eigenvalue weighted by Gasteiger charge is -2.34. The lowest BCUT2D eigenvalue weighted by Crippen LogP contribution is -2.35. The van der Waals surface area contributed by atoms with Gasteiger partial charge in [-0.1, -0.05) is 78.9 Å². The summed E-state index contributed by atoms with van der Waals surface area (Å²) in [7, 11) is 2.97. The van der Waals surface area contributed by atoms with Gasteiger partial charge in [0.05, 0.1) is 0 Å². The van der Waals surface area contributed by atoms with Crippen molar-refractivity contribution in [3.05, 3.63) is 138 Å². The molecule has 3 N–H and O–H groups in total. The molecule has 0 aliphatic rings. The maximum atomic E-state index is 3.80. The lowest BCUT2D eigenvalue weighted by molar-refractivity contribution is 0.688. The second-order valence-electron chi connectivity index (χ2n) is 9.15. The maximum Gasteiger partial charge on any atom is 0.116 e. The highest BCUT2D eigenvalue weighted by Gasteiger charge is 2.43. The van der Waals surface area contributed by atoms with Crippen LogP contribution in [0.5, 0.6) is 0 Å². The van der Waals surface area contributed by atoms with Crippen LogP contribution < -0.4 is 5.30 Å². The molecule has 0 bridgehead atoms. The fourth-order valence-corrected chi connectivity index (χ4v) is 5.96. The number of para-hydroxylation sites is 3. The molecule has 1 atom stereocenters. The van der Waals surface area contributed by atoms with E-state index in [-0.39, 0.29) is 0 Å². The van der Waals surface area contributed by atoms with Crippen LogP contribution in [0.3, 0.4) is 0 Å². The molecule has 1 unspecified atom stereocenters. The molecule has 0 saturated carbocycles. The SMILES string of the molecule is Pc1ccccc1C(c1cc2ccccc2[nH]1)(c1cc2ccccc2[nH]1)c1cc2ccccc2[nH]1. The van der Waals surface area contributed by atoms with Crippen LogP contribution >= 0.6 is 9.24 Å². The van der Waals surface area contributed by atoms with E-state index in [2.05, 4.69) is 139 Å². The molecule has 35 heavy (non-hydrogen) atoms. The zero-order valence-electron chi connectivity index (χ0n) is 19.0. The first-order valence-electron chi connectivity index (χ1n) is 11.8. The standard InChI is InChI=1S/C31H24N3P/c35-27-16-8-4-12-23(27)31(28-17-20-9-1-5-13-24(20)32-28,29-18-21-10-2-6-14-25(21)33-29)30-19-22-11-3-7-15-26(22)34-30/h1-19,32-34H,35H2. The van der Waals surface area contributed by atoms with Gasteiger partial charge >= 0.3 is 0 Å². The van der Waals surface area contributed by atoms with Crippen LogP contribution in [0.1, 0.15) is 22.6 Å². The molecule has 0 saturated heterocycles. The van der Waals surface area contributed by atoms with Crippen molar-refractivity contribution in [3.63, 3.8) is 0 Å². The van der Waals surface area contributed by atoms with Crippen molar-refractivity contribution >= 4 is 47.3 Å². The zero-order valence-corrected chi connectivity index (χ0v) is 20.2. The van der Waals surface area contributed by atoms with E-state index in [0.29, 0.717) is 0 Å². The number of rotatable bonds is 4. The fraction of sp³-hybridized carbons (Fsp3) is 0.0323. The maximum absolute atomic E-state index is 3.80. The Balaban J connectivity index is 1.67. The lowest BCUT2D eigenvalue weighted by atomic mass is 9.72. The van der Waals surface area contributed by atoms with Gasteiger partial charge in [-0.15, -0.1) is 9.24 Å². The summed E-state index contributed by atoms with van der Waals surface area (Å²) < 4.78 is 0. The summed E-state index contributed by atoms with van der Waals surface area (Å²) in [5.41, 5.74) is 7.32. The summed E-state index contributed by atoms with van der Waals surface area (Å²) in [6, 6.07) is 41.0. The van der Waals surface area contributed by atoms with Gasteiger partial charge in [-0.3, -0.25) is 0 Å². The first-order valence-corrected chi connectivity index (χ1v) is 12.4. The van der Waals surface area contributed by atoms with Gasteiger partial charge in [0.15, 0.2) is 0 Å². The van der Waals surface area contributed by atoms with Crippen LogP contribution in [0.25, 0.3) is 32.7 Å². The van der Waals surface area contributed by atoms with E-state index in [0.717, 1.165) is 38.9 Å². The second-order valence-corrected chi connectivity index (χ2v) is 9.77. The molecule has 0 fully saturated rings. The van der Waals surface area contributed by atoms with Crippen molar-refractivity contribution in [2.45, 2.75) is 5.41 Å². The minimum absolute atomic E-state index is 0.616. The quantitative estimate of drug-likeness (QED) is 0.232. The molecule has 0 spiro atoms. The van der Waals surface area contributed by atoms with Gasteiger partial charge in [0.1, 0.15) is 5.41 Å². The van der Waals surface area contributed by atoms with Crippen LogP contribution in [0, 0.1) is 0 Å². The van der Waals surface area contributed by atoms with E-state index in [1.165, 1.54) is 21.7 Å². The molecule has 3 nitrogen and oxygen atoms in total. The largest absolute Gasteiger partial charge is 0.357 e. The highest BCUT2D eigenvalue weighted by Crippen LogP contribution is 2.46. The first-order chi connectivity index (χ1) is 17.2. The average molecular weight is 470 g/mol. The van der Waals surface area contributed by atoms with Crippen molar-refractivity contribution < 1.29 is 0 Å². The van der Waals surface area contributed by atoms with Gasteiger partial charge in [-0.2, -0.15) is 0 Å². The minimum Gasteiger partial charge on any atom is -0.357 e. The van der Waals surface area contributed by atoms with Gasteiger partial charge in [-0.25, -0.2) is 0 Å². The summed E-state index contributed by atoms with van der Waals surface area (Å²) in [6.07, 6.45) is 0. The Morgan fingerprint density at radius 1 is 0.457 bits per heavy atom. The number of nitrogens with one attached hydrogen (secondary N) is 3. The number of benzene rings is 4. The van der Waals surface area contributed by atoms with Crippen molar-refractivity contribution in [2.24, 2.45) is 0 Å². The van der Waals surface area contributed by atoms with E-state index in [1.807, 2.05) is 0 Å². The molecular weight excluding hydrogens is 445 g/mol. The van der Waals surface area contributed by atoms with Crippen LogP contribution in [-0.2, 0) is 5.41 Å². The molecule has 4 aromatic carbocycles. The molecule has 7 aromatic rings. The molecule has 0 radical (unpaired) electrons. The fourth-order valence-electron chi connectivity index (χ4n) is 5.54. The third-order valence-electron chi connectivity index (χ3n) is 7.17. The Morgan fingerprint density at radius 2 is 0.829 bits per heavy atom. The highest BCUT2D eigenvalue weighted by atomic mass is 31.0. The van der Waals surface area contributed by atoms with Gasteiger partial charge in [-0.05, 0) is 63.4 Å². The topological polar surface area (TPSA) is 47.4 Å². The zero-order chi connectivity index (χ0) is 23.4. The van der Waals surface area contributed by atoms with E-state index in [4.69, 9.17) is 0 Å². The minimum atomic E-state index is -0.616. The Kier molecular flexibility index (Phi) is 4.49. The molecular formula is C31H24N3P. The summed E-state index contributed by atoms with van der Waals surface area (Å²) in [4.78, 5) is 11.4. The third-order valence-corrected chi connectivity index (χ3v) is 7.67. The van der Waals surface area contributed by atoms with Gasteiger partial charge < -0.3 is 15.0 Å². The average Bonchev–Trinajstić information content (AvgIpc) is 3.62. The molecule has 4 heteroatoms. The Hall–Kier alpha value is -4.07. The van der Waals surface area contributed by atoms with Crippen molar-refractivity contribution in [2.75, 3.05) is 0 Å². The van der Waals surface area contributed by atoms with E-state index in [9.17, 15) is 0 Å². The van der Waals surface area contributed by atoms with E-state index < -0.39 is 5.41 Å². The summed E-state index contributed by atoms with van der Waals surface area (Å²) >= 11 is 0. The number of hydrogen-bond donors (Lipinski definition) is 3. The smallest absolute Gasteiger partial charge is 0.116 e. The number of aromatic amines is 3. The van der Waals surface area contributed by atoms with Crippen molar-refractivity contribution in [3.8, 4) is 0 Å². The summed E-state index contributed by atoms with van der Waals surface area (Å²) in [6.45, 7) is 0. The molecule has 0 aliphatic heterocycles. The van der Waals surface area contributed by atoms with Gasteiger partial charge in [0.25, 0.3) is 0 Å². The number of H-pyrrole nitrogens is 3. The molecule has 3 heterocycles. The van der Waals surface area contributed by atoms with Gasteiger partial charge in [0.2, 0.25) is 0 Å². The molecule has 7 rings (SSSR count). The third kappa shape index (κ3) is 3.02. The van der Waals surface area contributed by atoms with Crippen LogP contribution in [0.15, 0.2) is 115 Å². The number of aromatic nitrogens is 3. The first kappa shape index (κ1) is 20.3. The molecule has 0 aliphatic carbocycles. The van der Waals surface area contributed by atoms with Crippen molar-refractivity contribution in [1.82, 2.24) is 15.0 Å². The van der Waals surface area contributed by atoms with E-state index in [1.54, 1.807) is 0 Å². The van der Waals surface area contributed by atoms with Crippen LogP contribution in [0.2, 0.25) is 0 Å². The molecule has 168 valence electrons.